The molecule has 1 fully saturated rings. The highest BCUT2D eigenvalue weighted by Gasteiger charge is 2.42. The van der Waals surface area contributed by atoms with E-state index in [2.05, 4.69) is 5.32 Å². The Morgan fingerprint density at radius 3 is 2.86 bits per heavy atom. The summed E-state index contributed by atoms with van der Waals surface area (Å²) in [5.74, 6) is -2.55. The topological polar surface area (TPSA) is 101 Å². The van der Waals surface area contributed by atoms with E-state index in [1.54, 1.807) is 6.07 Å². The zero-order chi connectivity index (χ0) is 20.0. The van der Waals surface area contributed by atoms with Gasteiger partial charge in [-0.05, 0) is 13.0 Å². The quantitative estimate of drug-likeness (QED) is 0.812. The number of benzene rings is 1. The van der Waals surface area contributed by atoms with Gasteiger partial charge in [0.1, 0.15) is 11.4 Å². The normalized spacial score (nSPS) is 20.6. The van der Waals surface area contributed by atoms with Crippen LogP contribution < -0.4 is 10.7 Å². The minimum Gasteiger partial charge on any atom is -0.503 e. The Balaban J connectivity index is 1.64. The average Bonchev–Trinajstić information content (AvgIpc) is 3.04. The van der Waals surface area contributed by atoms with Crippen molar-refractivity contribution in [1.82, 2.24) is 14.8 Å². The predicted molar refractivity (Wildman–Crippen MR) is 95.3 cm³/mol. The van der Waals surface area contributed by atoms with E-state index >= 15 is 0 Å². The molecule has 2 amide bonds. The summed E-state index contributed by atoms with van der Waals surface area (Å²) in [4.78, 5) is 39.1. The van der Waals surface area contributed by atoms with Gasteiger partial charge < -0.3 is 24.6 Å². The Morgan fingerprint density at radius 2 is 2.11 bits per heavy atom. The number of pyridine rings is 1. The zero-order valence-electron chi connectivity index (χ0n) is 15.0. The van der Waals surface area contributed by atoms with E-state index in [0.717, 1.165) is 0 Å². The van der Waals surface area contributed by atoms with Crippen molar-refractivity contribution in [2.45, 2.75) is 32.3 Å². The van der Waals surface area contributed by atoms with Crippen molar-refractivity contribution in [3.8, 4) is 5.75 Å². The summed E-state index contributed by atoms with van der Waals surface area (Å²) in [7, 11) is 0. The SMILES string of the molecule is C[C@H]1CO[C@@H]2Cn3cc(C(=O)NCc4ccccc4F)c(=O)c(O)c3C(=O)N12. The molecule has 1 aromatic carbocycles. The smallest absolute Gasteiger partial charge is 0.276 e. The molecule has 0 unspecified atom stereocenters. The van der Waals surface area contributed by atoms with E-state index in [4.69, 9.17) is 4.74 Å². The van der Waals surface area contributed by atoms with Gasteiger partial charge in [0.25, 0.3) is 11.8 Å². The first-order valence-corrected chi connectivity index (χ1v) is 8.80. The molecule has 2 aliphatic rings. The second kappa shape index (κ2) is 6.75. The molecule has 2 aromatic rings. The zero-order valence-corrected chi connectivity index (χ0v) is 15.0. The molecule has 0 radical (unpaired) electrons. The number of hydrogen-bond donors (Lipinski definition) is 2. The van der Waals surface area contributed by atoms with Crippen LogP contribution in [-0.2, 0) is 17.8 Å². The molecule has 1 aromatic heterocycles. The summed E-state index contributed by atoms with van der Waals surface area (Å²) < 4.78 is 20.6. The summed E-state index contributed by atoms with van der Waals surface area (Å²) in [6.07, 6.45) is 0.710. The van der Waals surface area contributed by atoms with Gasteiger partial charge in [-0.1, -0.05) is 18.2 Å². The second-order valence-corrected chi connectivity index (χ2v) is 6.84. The molecule has 9 heteroatoms. The summed E-state index contributed by atoms with van der Waals surface area (Å²) in [6.45, 7) is 2.23. The van der Waals surface area contributed by atoms with Crippen LogP contribution in [0.2, 0.25) is 0 Å². The number of nitrogens with zero attached hydrogens (tertiary/aromatic N) is 2. The summed E-state index contributed by atoms with van der Waals surface area (Å²) in [6, 6.07) is 5.76. The van der Waals surface area contributed by atoms with E-state index in [1.807, 2.05) is 6.92 Å². The lowest BCUT2D eigenvalue weighted by molar-refractivity contribution is 0.00624. The van der Waals surface area contributed by atoms with Crippen LogP contribution >= 0.6 is 0 Å². The van der Waals surface area contributed by atoms with Crippen molar-refractivity contribution >= 4 is 11.8 Å². The van der Waals surface area contributed by atoms with Crippen molar-refractivity contribution in [3.05, 3.63) is 63.3 Å². The van der Waals surface area contributed by atoms with Gasteiger partial charge in [0.2, 0.25) is 5.43 Å². The van der Waals surface area contributed by atoms with Gasteiger partial charge in [0.05, 0.1) is 19.2 Å². The lowest BCUT2D eigenvalue weighted by atomic mass is 10.1. The van der Waals surface area contributed by atoms with Crippen molar-refractivity contribution in [1.29, 1.82) is 0 Å². The number of ether oxygens (including phenoxy) is 1. The van der Waals surface area contributed by atoms with Crippen LogP contribution in [0.25, 0.3) is 0 Å². The van der Waals surface area contributed by atoms with Crippen LogP contribution in [-0.4, -0.2) is 45.3 Å². The molecule has 3 heterocycles. The predicted octanol–water partition coefficient (Wildman–Crippen LogP) is 0.824. The third-order valence-corrected chi connectivity index (χ3v) is 5.00. The van der Waals surface area contributed by atoms with E-state index in [-0.39, 0.29) is 36.0 Å². The molecule has 8 nitrogen and oxygen atoms in total. The van der Waals surface area contributed by atoms with Crippen LogP contribution in [0.5, 0.6) is 5.75 Å². The first-order valence-electron chi connectivity index (χ1n) is 8.80. The fourth-order valence-corrected chi connectivity index (χ4v) is 3.55. The largest absolute Gasteiger partial charge is 0.503 e. The van der Waals surface area contributed by atoms with Crippen LogP contribution in [0.1, 0.15) is 33.3 Å². The monoisotopic (exact) mass is 387 g/mol. The number of fused-ring (bicyclic) bond motifs is 2. The van der Waals surface area contributed by atoms with E-state index in [0.29, 0.717) is 6.61 Å². The van der Waals surface area contributed by atoms with Crippen molar-refractivity contribution < 1.29 is 23.8 Å². The molecule has 2 atom stereocenters. The van der Waals surface area contributed by atoms with Gasteiger partial charge in [-0.3, -0.25) is 14.4 Å². The third kappa shape index (κ3) is 2.84. The van der Waals surface area contributed by atoms with E-state index < -0.39 is 35.0 Å². The van der Waals surface area contributed by atoms with Gasteiger partial charge in [-0.15, -0.1) is 0 Å². The molecular weight excluding hydrogens is 369 g/mol. The Morgan fingerprint density at radius 1 is 1.36 bits per heavy atom. The lowest BCUT2D eigenvalue weighted by Crippen LogP contribution is -2.49. The lowest BCUT2D eigenvalue weighted by Gasteiger charge is -2.33. The maximum Gasteiger partial charge on any atom is 0.276 e. The number of rotatable bonds is 3. The van der Waals surface area contributed by atoms with Gasteiger partial charge in [0, 0.05) is 18.3 Å². The number of carbonyl (C=O) groups excluding carboxylic acids is 2. The third-order valence-electron chi connectivity index (χ3n) is 5.00. The van der Waals surface area contributed by atoms with Crippen LogP contribution in [0.15, 0.2) is 35.3 Å². The summed E-state index contributed by atoms with van der Waals surface area (Å²) in [5, 5.41) is 12.8. The molecule has 4 rings (SSSR count). The van der Waals surface area contributed by atoms with Crippen LogP contribution in [0.3, 0.4) is 0 Å². The Labute approximate surface area is 159 Å². The number of nitrogens with one attached hydrogen (secondary N) is 1. The summed E-state index contributed by atoms with van der Waals surface area (Å²) >= 11 is 0. The number of carbonyl (C=O) groups is 2. The van der Waals surface area contributed by atoms with E-state index in [9.17, 15) is 23.9 Å². The number of hydrogen-bond acceptors (Lipinski definition) is 5. The van der Waals surface area contributed by atoms with Gasteiger partial charge in [-0.25, -0.2) is 4.39 Å². The highest BCUT2D eigenvalue weighted by atomic mass is 19.1. The number of halogens is 1. The van der Waals surface area contributed by atoms with Gasteiger partial charge in [0.15, 0.2) is 17.7 Å². The summed E-state index contributed by atoms with van der Waals surface area (Å²) in [5.41, 5.74) is -1.18. The maximum atomic E-state index is 13.7. The highest BCUT2D eigenvalue weighted by Crippen LogP contribution is 2.29. The highest BCUT2D eigenvalue weighted by molar-refractivity contribution is 5.99. The Kier molecular flexibility index (Phi) is 4.38. The fraction of sp³-hybridized carbons (Fsp3) is 0.316. The minimum absolute atomic E-state index is 0.122. The molecule has 28 heavy (non-hydrogen) atoms. The maximum absolute atomic E-state index is 13.7. The van der Waals surface area contributed by atoms with Crippen LogP contribution in [0, 0.1) is 5.82 Å². The fourth-order valence-electron chi connectivity index (χ4n) is 3.55. The number of aromatic hydroxyl groups is 1. The molecule has 0 saturated carbocycles. The number of aromatic nitrogens is 1. The first kappa shape index (κ1) is 18.2. The second-order valence-electron chi connectivity index (χ2n) is 6.84. The molecule has 1 saturated heterocycles. The van der Waals surface area contributed by atoms with Crippen molar-refractivity contribution in [3.63, 3.8) is 0 Å². The van der Waals surface area contributed by atoms with Crippen molar-refractivity contribution in [2.75, 3.05) is 6.61 Å². The molecule has 2 aliphatic heterocycles. The van der Waals surface area contributed by atoms with E-state index in [1.165, 1.54) is 33.9 Å². The van der Waals surface area contributed by atoms with Crippen LogP contribution in [0.4, 0.5) is 4.39 Å². The van der Waals surface area contributed by atoms with Crippen molar-refractivity contribution in [2.24, 2.45) is 0 Å². The van der Waals surface area contributed by atoms with Gasteiger partial charge in [-0.2, -0.15) is 0 Å². The molecule has 146 valence electrons. The standard InChI is InChI=1S/C19H18FN3O5/c1-10-9-28-14-8-22-7-12(16(24)17(25)15(22)19(27)23(10)14)18(26)21-6-11-4-2-3-5-13(11)20/h2-5,7,10,14,25H,6,8-9H2,1H3,(H,21,26)/t10-,14+/m0/s1. The molecule has 0 aliphatic carbocycles. The molecule has 0 bridgehead atoms. The number of amides is 2. The van der Waals surface area contributed by atoms with Gasteiger partial charge >= 0.3 is 0 Å². The Bertz CT molecular complexity index is 1030. The molecule has 2 N–H and O–H groups in total. The molecular formula is C19H18FN3O5. The minimum atomic E-state index is -0.947. The average molecular weight is 387 g/mol. The molecule has 0 spiro atoms. The first-order chi connectivity index (χ1) is 13.4. The Hall–Kier alpha value is -3.20.